The number of hydrogen-bond donors (Lipinski definition) is 3. The monoisotopic (exact) mass is 546 g/mol. The van der Waals surface area contributed by atoms with Gasteiger partial charge in [0, 0.05) is 70.5 Å². The predicted molar refractivity (Wildman–Crippen MR) is 132 cm³/mol. The number of nitrogens with zero attached hydrogens (tertiary/aromatic N) is 3. The molecule has 0 bridgehead atoms. The molecule has 1 aromatic heterocycles. The first-order valence-electron chi connectivity index (χ1n) is 10.3. The molecule has 31 heavy (non-hydrogen) atoms. The Hall–Kier alpha value is -1.92. The summed E-state index contributed by atoms with van der Waals surface area (Å²) in [5.41, 5.74) is 2.02. The Morgan fingerprint density at radius 1 is 1.23 bits per heavy atom. The molecule has 0 aliphatic carbocycles. The van der Waals surface area contributed by atoms with Gasteiger partial charge in [-0.1, -0.05) is 0 Å². The van der Waals surface area contributed by atoms with Crippen molar-refractivity contribution in [3.05, 3.63) is 35.8 Å². The summed E-state index contributed by atoms with van der Waals surface area (Å²) in [6, 6.07) is 4.80. The largest absolute Gasteiger partial charge is 0.383 e. The van der Waals surface area contributed by atoms with Crippen molar-refractivity contribution in [2.75, 3.05) is 66.6 Å². The molecular formula is C21H32FIN6O2. The van der Waals surface area contributed by atoms with Crippen molar-refractivity contribution in [1.29, 1.82) is 0 Å². The van der Waals surface area contributed by atoms with Crippen molar-refractivity contribution >= 4 is 46.7 Å². The zero-order valence-corrected chi connectivity index (χ0v) is 20.4. The van der Waals surface area contributed by atoms with Crippen LogP contribution in [0, 0.1) is 5.82 Å². The smallest absolute Gasteiger partial charge is 0.234 e. The molecule has 0 radical (unpaired) electrons. The average Bonchev–Trinajstić information content (AvgIpc) is 3.14. The summed E-state index contributed by atoms with van der Waals surface area (Å²) in [5.74, 6) is 0.653. The molecule has 3 rings (SSSR count). The number of carbonyl (C=O) groups excluding carboxylic acids is 1. The number of aromatic amines is 1. The van der Waals surface area contributed by atoms with Crippen LogP contribution in [0.1, 0.15) is 5.56 Å². The van der Waals surface area contributed by atoms with Crippen LogP contribution in [0.25, 0.3) is 10.9 Å². The highest BCUT2D eigenvalue weighted by Crippen LogP contribution is 2.19. The summed E-state index contributed by atoms with van der Waals surface area (Å²) in [7, 11) is 3.39. The molecule has 1 aliphatic rings. The number of rotatable bonds is 8. The third kappa shape index (κ3) is 7.32. The van der Waals surface area contributed by atoms with Crippen LogP contribution in [0.2, 0.25) is 0 Å². The number of benzene rings is 1. The normalized spacial score (nSPS) is 15.1. The van der Waals surface area contributed by atoms with E-state index in [2.05, 4.69) is 30.4 Å². The summed E-state index contributed by atoms with van der Waals surface area (Å²) in [4.78, 5) is 23.9. The van der Waals surface area contributed by atoms with Gasteiger partial charge in [0.2, 0.25) is 5.91 Å². The van der Waals surface area contributed by atoms with Gasteiger partial charge in [0.05, 0.1) is 13.2 Å². The van der Waals surface area contributed by atoms with Crippen LogP contribution in [0.3, 0.4) is 0 Å². The van der Waals surface area contributed by atoms with Gasteiger partial charge in [-0.15, -0.1) is 24.0 Å². The van der Waals surface area contributed by atoms with Crippen LogP contribution < -0.4 is 10.6 Å². The first-order valence-corrected chi connectivity index (χ1v) is 10.3. The lowest BCUT2D eigenvalue weighted by Crippen LogP contribution is -2.54. The number of H-pyrrole nitrogens is 1. The Balaban J connectivity index is 0.00000341. The zero-order valence-electron chi connectivity index (χ0n) is 18.1. The maximum atomic E-state index is 13.5. The van der Waals surface area contributed by atoms with Crippen LogP contribution in [-0.2, 0) is 16.0 Å². The zero-order chi connectivity index (χ0) is 21.3. The van der Waals surface area contributed by atoms with Crippen LogP contribution in [-0.4, -0.2) is 93.2 Å². The summed E-state index contributed by atoms with van der Waals surface area (Å²) in [5, 5.41) is 7.18. The van der Waals surface area contributed by atoms with Gasteiger partial charge in [-0.25, -0.2) is 4.39 Å². The van der Waals surface area contributed by atoms with E-state index in [0.29, 0.717) is 26.2 Å². The Labute approximate surface area is 199 Å². The van der Waals surface area contributed by atoms with Gasteiger partial charge in [0.25, 0.3) is 0 Å². The number of methoxy groups -OCH3 is 1. The molecule has 2 heterocycles. The maximum Gasteiger partial charge on any atom is 0.234 e. The molecule has 0 saturated carbocycles. The number of halogens is 2. The summed E-state index contributed by atoms with van der Waals surface area (Å²) < 4.78 is 18.5. The fraction of sp³-hybridized carbons (Fsp3) is 0.524. The SMILES string of the molecule is CN=C(NCCc1c[nH]c2ccc(F)cc12)N1CCN(CC(=O)NCCOC)CC1.I. The molecule has 0 atom stereocenters. The molecule has 1 aromatic carbocycles. The van der Waals surface area contributed by atoms with Gasteiger partial charge >= 0.3 is 0 Å². The Morgan fingerprint density at radius 3 is 2.71 bits per heavy atom. The van der Waals surface area contributed by atoms with E-state index in [1.807, 2.05) is 6.20 Å². The van der Waals surface area contributed by atoms with E-state index in [-0.39, 0.29) is 35.7 Å². The Kier molecular flexibility index (Phi) is 10.5. The van der Waals surface area contributed by atoms with Gasteiger partial charge < -0.3 is 25.3 Å². The molecule has 1 fully saturated rings. The number of fused-ring (bicyclic) bond motifs is 1. The minimum Gasteiger partial charge on any atom is -0.383 e. The van der Waals surface area contributed by atoms with Crippen LogP contribution in [0.15, 0.2) is 29.4 Å². The third-order valence-electron chi connectivity index (χ3n) is 5.29. The van der Waals surface area contributed by atoms with E-state index in [4.69, 9.17) is 4.74 Å². The minimum atomic E-state index is -0.225. The first kappa shape index (κ1) is 25.3. The standard InChI is InChI=1S/C21H31FN6O2.HI/c1-23-21(25-6-5-16-14-26-19-4-3-17(22)13-18(16)19)28-10-8-27(9-11-28)15-20(29)24-7-12-30-2;/h3-4,13-14,26H,5-12,15H2,1-2H3,(H,23,25)(H,24,29);1H. The number of nitrogens with one attached hydrogen (secondary N) is 3. The van der Waals surface area contributed by atoms with Gasteiger partial charge in [-0.2, -0.15) is 0 Å². The highest BCUT2D eigenvalue weighted by molar-refractivity contribution is 14.0. The Bertz CT molecular complexity index is 867. The van der Waals surface area contributed by atoms with Crippen molar-refractivity contribution in [1.82, 2.24) is 25.4 Å². The Morgan fingerprint density at radius 2 is 2.00 bits per heavy atom. The van der Waals surface area contributed by atoms with Gasteiger partial charge in [0.15, 0.2) is 5.96 Å². The van der Waals surface area contributed by atoms with E-state index >= 15 is 0 Å². The lowest BCUT2D eigenvalue weighted by Gasteiger charge is -2.36. The van der Waals surface area contributed by atoms with Crippen LogP contribution in [0.5, 0.6) is 0 Å². The topological polar surface area (TPSA) is 85.0 Å². The maximum absolute atomic E-state index is 13.5. The third-order valence-corrected chi connectivity index (χ3v) is 5.29. The van der Waals surface area contributed by atoms with Crippen molar-refractivity contribution < 1.29 is 13.9 Å². The molecule has 3 N–H and O–H groups in total. The summed E-state index contributed by atoms with van der Waals surface area (Å²) >= 11 is 0. The number of hydrogen-bond acceptors (Lipinski definition) is 4. The van der Waals surface area contributed by atoms with Crippen molar-refractivity contribution in [2.24, 2.45) is 4.99 Å². The molecule has 1 aliphatic heterocycles. The quantitative estimate of drug-likeness (QED) is 0.202. The average molecular weight is 546 g/mol. The number of carbonyl (C=O) groups is 1. The predicted octanol–water partition coefficient (Wildman–Crippen LogP) is 1.42. The molecule has 2 aromatic rings. The second kappa shape index (κ2) is 12.8. The fourth-order valence-corrected chi connectivity index (χ4v) is 3.67. The summed E-state index contributed by atoms with van der Waals surface area (Å²) in [6.07, 6.45) is 2.70. The van der Waals surface area contributed by atoms with Crippen LogP contribution >= 0.6 is 24.0 Å². The second-order valence-corrected chi connectivity index (χ2v) is 7.33. The molecule has 172 valence electrons. The molecule has 0 spiro atoms. The molecular weight excluding hydrogens is 514 g/mol. The summed E-state index contributed by atoms with van der Waals surface area (Å²) in [6.45, 7) is 5.40. The van der Waals surface area contributed by atoms with Gasteiger partial charge in [-0.3, -0.25) is 14.7 Å². The van der Waals surface area contributed by atoms with Crippen molar-refractivity contribution in [3.63, 3.8) is 0 Å². The number of ether oxygens (including phenoxy) is 1. The highest BCUT2D eigenvalue weighted by Gasteiger charge is 2.21. The van der Waals surface area contributed by atoms with Crippen LogP contribution in [0.4, 0.5) is 4.39 Å². The molecule has 1 saturated heterocycles. The number of guanidine groups is 1. The van der Waals surface area contributed by atoms with Crippen molar-refractivity contribution in [2.45, 2.75) is 6.42 Å². The molecule has 10 heteroatoms. The van der Waals surface area contributed by atoms with Gasteiger partial charge in [-0.05, 0) is 30.2 Å². The molecule has 8 nitrogen and oxygen atoms in total. The number of piperazine rings is 1. The fourth-order valence-electron chi connectivity index (χ4n) is 3.67. The number of amides is 1. The lowest BCUT2D eigenvalue weighted by molar-refractivity contribution is -0.122. The number of aromatic nitrogens is 1. The van der Waals surface area contributed by atoms with Gasteiger partial charge in [0.1, 0.15) is 5.82 Å². The van der Waals surface area contributed by atoms with Crippen molar-refractivity contribution in [3.8, 4) is 0 Å². The van der Waals surface area contributed by atoms with E-state index < -0.39 is 0 Å². The molecule has 0 unspecified atom stereocenters. The molecule has 1 amide bonds. The van der Waals surface area contributed by atoms with E-state index in [0.717, 1.165) is 55.0 Å². The second-order valence-electron chi connectivity index (χ2n) is 7.33. The van der Waals surface area contributed by atoms with E-state index in [1.54, 1.807) is 26.3 Å². The van der Waals surface area contributed by atoms with E-state index in [1.165, 1.54) is 6.07 Å². The highest BCUT2D eigenvalue weighted by atomic mass is 127. The number of aliphatic imine (C=N–C) groups is 1. The lowest BCUT2D eigenvalue weighted by atomic mass is 10.1. The first-order chi connectivity index (χ1) is 14.6. The minimum absolute atomic E-state index is 0. The van der Waals surface area contributed by atoms with E-state index in [9.17, 15) is 9.18 Å².